The van der Waals surface area contributed by atoms with Gasteiger partial charge in [0.2, 0.25) is 0 Å². The van der Waals surface area contributed by atoms with Gasteiger partial charge in [0.15, 0.2) is 0 Å². The maximum Gasteiger partial charge on any atom is 0.125 e. The van der Waals surface area contributed by atoms with Crippen LogP contribution in [0.25, 0.3) is 21.9 Å². The van der Waals surface area contributed by atoms with Crippen molar-refractivity contribution in [1.82, 2.24) is 5.32 Å². The van der Waals surface area contributed by atoms with Gasteiger partial charge in [-0.2, -0.15) is 0 Å². The average Bonchev–Trinajstić information content (AvgIpc) is 3.23. The summed E-state index contributed by atoms with van der Waals surface area (Å²) >= 11 is 0. The minimum atomic E-state index is 0.691. The fraction of sp³-hybridized carbons (Fsp3) is 0.263. The second-order valence-electron chi connectivity index (χ2n) is 5.89. The highest BCUT2D eigenvalue weighted by Crippen LogP contribution is 2.35. The highest BCUT2D eigenvalue weighted by atomic mass is 16.3. The first-order valence-electron chi connectivity index (χ1n) is 7.61. The Hall–Kier alpha value is -2.06. The summed E-state index contributed by atoms with van der Waals surface area (Å²) in [6.07, 6.45) is 4.40. The van der Waals surface area contributed by atoms with Crippen LogP contribution in [0.5, 0.6) is 0 Å². The highest BCUT2D eigenvalue weighted by molar-refractivity contribution is 5.98. The molecule has 3 aromatic rings. The van der Waals surface area contributed by atoms with Crippen molar-refractivity contribution in [1.29, 1.82) is 0 Å². The van der Waals surface area contributed by atoms with E-state index in [9.17, 15) is 0 Å². The third-order valence-corrected chi connectivity index (χ3v) is 4.28. The SMILES string of the molecule is Cc1ccc2ccccc2c1-c1ccoc1CNC1CC1. The van der Waals surface area contributed by atoms with Gasteiger partial charge in [-0.15, -0.1) is 0 Å². The van der Waals surface area contributed by atoms with Gasteiger partial charge in [0.1, 0.15) is 5.76 Å². The molecule has 1 aliphatic rings. The number of fused-ring (bicyclic) bond motifs is 1. The predicted octanol–water partition coefficient (Wildman–Crippen LogP) is 4.66. The molecule has 0 bridgehead atoms. The Labute approximate surface area is 124 Å². The molecule has 0 unspecified atom stereocenters. The van der Waals surface area contributed by atoms with E-state index in [1.807, 2.05) is 0 Å². The summed E-state index contributed by atoms with van der Waals surface area (Å²) in [5.74, 6) is 1.04. The maximum absolute atomic E-state index is 5.74. The van der Waals surface area contributed by atoms with Crippen LogP contribution in [0.3, 0.4) is 0 Å². The highest BCUT2D eigenvalue weighted by Gasteiger charge is 2.22. The smallest absolute Gasteiger partial charge is 0.125 e. The van der Waals surface area contributed by atoms with E-state index in [-0.39, 0.29) is 0 Å². The van der Waals surface area contributed by atoms with E-state index in [0.717, 1.165) is 12.3 Å². The van der Waals surface area contributed by atoms with Crippen LogP contribution < -0.4 is 5.32 Å². The summed E-state index contributed by atoms with van der Waals surface area (Å²) in [7, 11) is 0. The molecule has 2 heteroatoms. The van der Waals surface area contributed by atoms with Crippen molar-refractivity contribution in [3.63, 3.8) is 0 Å². The summed E-state index contributed by atoms with van der Waals surface area (Å²) in [5.41, 5.74) is 3.81. The lowest BCUT2D eigenvalue weighted by molar-refractivity contribution is 0.483. The van der Waals surface area contributed by atoms with Crippen LogP contribution in [0, 0.1) is 6.92 Å². The van der Waals surface area contributed by atoms with Gasteiger partial charge in [-0.1, -0.05) is 36.4 Å². The summed E-state index contributed by atoms with van der Waals surface area (Å²) in [5, 5.41) is 6.12. The Bertz CT molecular complexity index is 783. The first kappa shape index (κ1) is 12.7. The molecule has 0 amide bonds. The number of furan rings is 1. The van der Waals surface area contributed by atoms with Crippen molar-refractivity contribution in [3.05, 3.63) is 60.1 Å². The molecule has 0 spiro atoms. The van der Waals surface area contributed by atoms with Crippen LogP contribution in [0.2, 0.25) is 0 Å². The first-order valence-corrected chi connectivity index (χ1v) is 7.61. The van der Waals surface area contributed by atoms with E-state index in [0.29, 0.717) is 6.04 Å². The number of hydrogen-bond acceptors (Lipinski definition) is 2. The second kappa shape index (κ2) is 5.05. The molecule has 2 aromatic carbocycles. The van der Waals surface area contributed by atoms with Crippen LogP contribution in [-0.2, 0) is 6.54 Å². The third kappa shape index (κ3) is 2.36. The van der Waals surface area contributed by atoms with Crippen molar-refractivity contribution >= 4 is 10.8 Å². The summed E-state index contributed by atoms with van der Waals surface area (Å²) in [6, 6.07) is 15.7. The minimum absolute atomic E-state index is 0.691. The molecule has 0 saturated heterocycles. The topological polar surface area (TPSA) is 25.2 Å². The molecule has 1 fully saturated rings. The zero-order chi connectivity index (χ0) is 14.2. The third-order valence-electron chi connectivity index (χ3n) is 4.28. The van der Waals surface area contributed by atoms with Gasteiger partial charge < -0.3 is 9.73 Å². The van der Waals surface area contributed by atoms with Crippen molar-refractivity contribution in [2.75, 3.05) is 0 Å². The molecule has 21 heavy (non-hydrogen) atoms. The van der Waals surface area contributed by atoms with Crippen LogP contribution in [0.1, 0.15) is 24.2 Å². The van der Waals surface area contributed by atoms with Crippen LogP contribution in [0.4, 0.5) is 0 Å². The van der Waals surface area contributed by atoms with E-state index in [1.165, 1.54) is 40.3 Å². The molecule has 1 N–H and O–H groups in total. The molecule has 1 aromatic heterocycles. The van der Waals surface area contributed by atoms with Gasteiger partial charge in [-0.3, -0.25) is 0 Å². The Morgan fingerprint density at radius 2 is 1.95 bits per heavy atom. The van der Waals surface area contributed by atoms with Gasteiger partial charge in [0.05, 0.1) is 12.8 Å². The standard InChI is InChI=1S/C19H19NO/c1-13-6-7-14-4-2-3-5-16(14)19(13)17-10-11-21-18(17)12-20-15-8-9-15/h2-7,10-11,15,20H,8-9,12H2,1H3. The fourth-order valence-electron chi connectivity index (χ4n) is 2.96. The van der Waals surface area contributed by atoms with Gasteiger partial charge in [0.25, 0.3) is 0 Å². The van der Waals surface area contributed by atoms with Gasteiger partial charge in [0, 0.05) is 11.6 Å². The molecule has 0 radical (unpaired) electrons. The van der Waals surface area contributed by atoms with Crippen LogP contribution in [0.15, 0.2) is 53.1 Å². The van der Waals surface area contributed by atoms with Crippen LogP contribution in [-0.4, -0.2) is 6.04 Å². The molecular formula is C19H19NO. The van der Waals surface area contributed by atoms with E-state index in [2.05, 4.69) is 54.7 Å². The monoisotopic (exact) mass is 277 g/mol. The molecule has 0 aliphatic heterocycles. The molecule has 106 valence electrons. The zero-order valence-corrected chi connectivity index (χ0v) is 12.2. The van der Waals surface area contributed by atoms with Crippen molar-refractivity contribution in [2.24, 2.45) is 0 Å². The van der Waals surface area contributed by atoms with E-state index in [1.54, 1.807) is 6.26 Å². The Morgan fingerprint density at radius 1 is 1.10 bits per heavy atom. The van der Waals surface area contributed by atoms with E-state index >= 15 is 0 Å². The molecule has 1 aliphatic carbocycles. The Kier molecular flexibility index (Phi) is 3.04. The predicted molar refractivity (Wildman–Crippen MR) is 86.2 cm³/mol. The largest absolute Gasteiger partial charge is 0.467 e. The molecule has 4 rings (SSSR count). The lowest BCUT2D eigenvalue weighted by atomic mass is 9.94. The van der Waals surface area contributed by atoms with Gasteiger partial charge in [-0.05, 0) is 47.7 Å². The van der Waals surface area contributed by atoms with Crippen molar-refractivity contribution < 1.29 is 4.42 Å². The van der Waals surface area contributed by atoms with Crippen molar-refractivity contribution in [3.8, 4) is 11.1 Å². The second-order valence-corrected chi connectivity index (χ2v) is 5.89. The van der Waals surface area contributed by atoms with Gasteiger partial charge in [-0.25, -0.2) is 0 Å². The number of aryl methyl sites for hydroxylation is 1. The van der Waals surface area contributed by atoms with Crippen molar-refractivity contribution in [2.45, 2.75) is 32.4 Å². The summed E-state index contributed by atoms with van der Waals surface area (Å²) in [4.78, 5) is 0. The zero-order valence-electron chi connectivity index (χ0n) is 12.2. The van der Waals surface area contributed by atoms with Gasteiger partial charge >= 0.3 is 0 Å². The van der Waals surface area contributed by atoms with E-state index in [4.69, 9.17) is 4.42 Å². The first-order chi connectivity index (χ1) is 10.3. The number of nitrogens with one attached hydrogen (secondary N) is 1. The number of benzene rings is 2. The molecular weight excluding hydrogens is 258 g/mol. The minimum Gasteiger partial charge on any atom is -0.467 e. The molecule has 0 atom stereocenters. The summed E-state index contributed by atoms with van der Waals surface area (Å²) in [6.45, 7) is 2.99. The Balaban J connectivity index is 1.82. The molecule has 1 saturated carbocycles. The number of hydrogen-bond donors (Lipinski definition) is 1. The number of rotatable bonds is 4. The lowest BCUT2D eigenvalue weighted by Crippen LogP contribution is -2.15. The molecule has 1 heterocycles. The Morgan fingerprint density at radius 3 is 2.81 bits per heavy atom. The fourth-order valence-corrected chi connectivity index (χ4v) is 2.96. The lowest BCUT2D eigenvalue weighted by Gasteiger charge is -2.11. The molecule has 2 nitrogen and oxygen atoms in total. The normalized spacial score (nSPS) is 14.7. The summed E-state index contributed by atoms with van der Waals surface area (Å²) < 4.78 is 5.74. The average molecular weight is 277 g/mol. The maximum atomic E-state index is 5.74. The van der Waals surface area contributed by atoms with Crippen LogP contribution >= 0.6 is 0 Å². The quantitative estimate of drug-likeness (QED) is 0.750. The van der Waals surface area contributed by atoms with E-state index < -0.39 is 0 Å².